The Hall–Kier alpha value is -3.58. The summed E-state index contributed by atoms with van der Waals surface area (Å²) in [6.07, 6.45) is 0.122. The Kier molecular flexibility index (Phi) is 5.81. The highest BCUT2D eigenvalue weighted by Gasteiger charge is 2.20. The minimum absolute atomic E-state index is 0.122. The van der Waals surface area contributed by atoms with E-state index < -0.39 is 18.6 Å². The number of amides is 2. The van der Waals surface area contributed by atoms with E-state index >= 15 is 0 Å². The summed E-state index contributed by atoms with van der Waals surface area (Å²) in [5.41, 5.74) is 1.66. The Morgan fingerprint density at radius 2 is 1.70 bits per heavy atom. The van der Waals surface area contributed by atoms with Gasteiger partial charge in [-0.3, -0.25) is 9.59 Å². The lowest BCUT2D eigenvalue weighted by Crippen LogP contribution is -2.49. The highest BCUT2D eigenvalue weighted by molar-refractivity contribution is 5.89. The van der Waals surface area contributed by atoms with Crippen molar-refractivity contribution >= 4 is 22.6 Å². The molecule has 0 spiro atoms. The van der Waals surface area contributed by atoms with Gasteiger partial charge in [-0.1, -0.05) is 48.5 Å². The molecule has 1 aliphatic heterocycles. The van der Waals surface area contributed by atoms with Crippen molar-refractivity contribution in [2.45, 2.75) is 19.0 Å². The van der Waals surface area contributed by atoms with Gasteiger partial charge in [0, 0.05) is 6.54 Å². The van der Waals surface area contributed by atoms with Crippen molar-refractivity contribution in [2.75, 3.05) is 13.4 Å². The number of hydrogen-bond donors (Lipinski definition) is 3. The second-order valence-corrected chi connectivity index (χ2v) is 7.07. The Bertz CT molecular complexity index is 1080. The van der Waals surface area contributed by atoms with Crippen molar-refractivity contribution in [1.82, 2.24) is 10.6 Å². The van der Waals surface area contributed by atoms with Crippen LogP contribution >= 0.6 is 0 Å². The molecule has 1 aliphatic rings. The smallest absolute Gasteiger partial charge is 0.245 e. The van der Waals surface area contributed by atoms with E-state index in [0.29, 0.717) is 11.5 Å². The van der Waals surface area contributed by atoms with Gasteiger partial charge in [-0.05, 0) is 34.0 Å². The maximum atomic E-state index is 12.4. The van der Waals surface area contributed by atoms with Gasteiger partial charge in [0.2, 0.25) is 18.6 Å². The van der Waals surface area contributed by atoms with Crippen molar-refractivity contribution in [3.8, 4) is 11.5 Å². The number of carbonyl (C=O) groups is 2. The molecule has 7 heteroatoms. The zero-order chi connectivity index (χ0) is 20.9. The predicted molar refractivity (Wildman–Crippen MR) is 111 cm³/mol. The zero-order valence-electron chi connectivity index (χ0n) is 16.3. The predicted octanol–water partition coefficient (Wildman–Crippen LogP) is 1.90. The zero-order valence-corrected chi connectivity index (χ0v) is 16.3. The molecule has 2 amide bonds. The average molecular weight is 406 g/mol. The van der Waals surface area contributed by atoms with Crippen LogP contribution in [0.3, 0.4) is 0 Å². The van der Waals surface area contributed by atoms with Crippen LogP contribution in [-0.4, -0.2) is 36.4 Å². The summed E-state index contributed by atoms with van der Waals surface area (Å²) in [6.45, 7) is -0.0656. The first-order valence-electron chi connectivity index (χ1n) is 9.66. The van der Waals surface area contributed by atoms with Crippen molar-refractivity contribution < 1.29 is 24.2 Å². The third-order valence-corrected chi connectivity index (χ3v) is 4.92. The van der Waals surface area contributed by atoms with Gasteiger partial charge in [0.05, 0.1) is 13.0 Å². The number of fused-ring (bicyclic) bond motifs is 2. The highest BCUT2D eigenvalue weighted by atomic mass is 16.7. The fourth-order valence-electron chi connectivity index (χ4n) is 3.34. The minimum Gasteiger partial charge on any atom is -0.454 e. The van der Waals surface area contributed by atoms with E-state index in [1.165, 1.54) is 0 Å². The lowest BCUT2D eigenvalue weighted by atomic mass is 10.0. The quantitative estimate of drug-likeness (QED) is 0.557. The lowest BCUT2D eigenvalue weighted by Gasteiger charge is -2.16. The van der Waals surface area contributed by atoms with Gasteiger partial charge >= 0.3 is 0 Å². The van der Waals surface area contributed by atoms with Crippen LogP contribution in [0.2, 0.25) is 0 Å². The Morgan fingerprint density at radius 1 is 0.933 bits per heavy atom. The monoisotopic (exact) mass is 406 g/mol. The molecule has 154 valence electrons. The number of aliphatic hydroxyl groups excluding tert-OH is 1. The molecule has 4 rings (SSSR count). The lowest BCUT2D eigenvalue weighted by molar-refractivity contribution is -0.129. The van der Waals surface area contributed by atoms with Gasteiger partial charge < -0.3 is 25.2 Å². The molecule has 0 aliphatic carbocycles. The molecule has 7 nitrogen and oxygen atoms in total. The van der Waals surface area contributed by atoms with Crippen molar-refractivity contribution in [1.29, 1.82) is 0 Å². The number of hydrogen-bond acceptors (Lipinski definition) is 5. The van der Waals surface area contributed by atoms with E-state index in [0.717, 1.165) is 21.9 Å². The van der Waals surface area contributed by atoms with Crippen molar-refractivity contribution in [2.24, 2.45) is 0 Å². The van der Waals surface area contributed by atoms with Crippen molar-refractivity contribution in [3.05, 3.63) is 71.8 Å². The van der Waals surface area contributed by atoms with Crippen molar-refractivity contribution in [3.63, 3.8) is 0 Å². The van der Waals surface area contributed by atoms with Gasteiger partial charge in [0.15, 0.2) is 11.5 Å². The van der Waals surface area contributed by atoms with Crippen LogP contribution in [-0.2, 0) is 22.6 Å². The number of ether oxygens (including phenoxy) is 2. The van der Waals surface area contributed by atoms with Crippen LogP contribution in [0, 0.1) is 0 Å². The summed E-state index contributed by atoms with van der Waals surface area (Å²) in [5, 5.41) is 17.0. The molecular formula is C23H22N2O5. The molecule has 1 unspecified atom stereocenters. The molecule has 0 saturated carbocycles. The summed E-state index contributed by atoms with van der Waals surface area (Å²) >= 11 is 0. The van der Waals surface area contributed by atoms with Gasteiger partial charge in [0.1, 0.15) is 6.04 Å². The first-order chi connectivity index (χ1) is 14.6. The molecule has 0 saturated heterocycles. The van der Waals surface area contributed by atoms with E-state index in [1.54, 1.807) is 12.1 Å². The molecular weight excluding hydrogens is 384 g/mol. The number of nitrogens with one attached hydrogen (secondary N) is 2. The maximum absolute atomic E-state index is 12.4. The SMILES string of the molecule is O=C(Cc1ccc2ccccc2c1)NC(CO)C(=O)NCc1ccc2c(c1)OCO2. The second-order valence-electron chi connectivity index (χ2n) is 7.07. The largest absolute Gasteiger partial charge is 0.454 e. The van der Waals surface area contributed by atoms with Crippen LogP contribution in [0.1, 0.15) is 11.1 Å². The summed E-state index contributed by atoms with van der Waals surface area (Å²) < 4.78 is 10.6. The molecule has 1 heterocycles. The molecule has 3 aromatic rings. The van der Waals surface area contributed by atoms with Crippen LogP contribution in [0.25, 0.3) is 10.8 Å². The summed E-state index contributed by atoms with van der Waals surface area (Å²) in [6, 6.07) is 18.0. The highest BCUT2D eigenvalue weighted by Crippen LogP contribution is 2.32. The molecule has 0 radical (unpaired) electrons. The standard InChI is InChI=1S/C23H22N2O5/c26-13-19(23(28)24-12-16-6-8-20-21(10-16)30-14-29-20)25-22(27)11-15-5-7-17-3-1-2-4-18(17)9-15/h1-10,19,26H,11-14H2,(H,24,28)(H,25,27). The van der Waals surface area contributed by atoms with E-state index in [1.807, 2.05) is 48.5 Å². The molecule has 3 aromatic carbocycles. The normalized spacial score (nSPS) is 13.1. The van der Waals surface area contributed by atoms with Crippen LogP contribution in [0.5, 0.6) is 11.5 Å². The number of carbonyl (C=O) groups excluding carboxylic acids is 2. The number of rotatable bonds is 7. The van der Waals surface area contributed by atoms with Gasteiger partial charge in [-0.15, -0.1) is 0 Å². The van der Waals surface area contributed by atoms with Crippen LogP contribution in [0.15, 0.2) is 60.7 Å². The summed E-state index contributed by atoms with van der Waals surface area (Å²) in [4.78, 5) is 24.8. The van der Waals surface area contributed by atoms with Crippen LogP contribution < -0.4 is 20.1 Å². The Labute approximate surface area is 173 Å². The topological polar surface area (TPSA) is 96.9 Å². The Morgan fingerprint density at radius 3 is 2.53 bits per heavy atom. The molecule has 0 bridgehead atoms. The molecule has 0 fully saturated rings. The Balaban J connectivity index is 1.32. The van der Waals surface area contributed by atoms with E-state index in [2.05, 4.69) is 10.6 Å². The summed E-state index contributed by atoms with van der Waals surface area (Å²) in [7, 11) is 0. The van der Waals surface area contributed by atoms with Gasteiger partial charge in [0.25, 0.3) is 0 Å². The molecule has 3 N–H and O–H groups in total. The van der Waals surface area contributed by atoms with E-state index in [9.17, 15) is 14.7 Å². The van der Waals surface area contributed by atoms with Crippen LogP contribution in [0.4, 0.5) is 0 Å². The third-order valence-electron chi connectivity index (χ3n) is 4.92. The fourth-order valence-corrected chi connectivity index (χ4v) is 3.34. The fraction of sp³-hybridized carbons (Fsp3) is 0.217. The minimum atomic E-state index is -1.02. The number of benzene rings is 3. The first kappa shape index (κ1) is 19.7. The molecule has 30 heavy (non-hydrogen) atoms. The average Bonchev–Trinajstić information content (AvgIpc) is 3.23. The second kappa shape index (κ2) is 8.84. The van der Waals surface area contributed by atoms with E-state index in [4.69, 9.17) is 9.47 Å². The first-order valence-corrected chi connectivity index (χ1v) is 9.66. The van der Waals surface area contributed by atoms with E-state index in [-0.39, 0.29) is 25.7 Å². The van der Waals surface area contributed by atoms with Gasteiger partial charge in [-0.25, -0.2) is 0 Å². The maximum Gasteiger partial charge on any atom is 0.245 e. The van der Waals surface area contributed by atoms with Gasteiger partial charge in [-0.2, -0.15) is 0 Å². The molecule has 1 atom stereocenters. The third kappa shape index (κ3) is 4.52. The number of aliphatic hydroxyl groups is 1. The summed E-state index contributed by atoms with van der Waals surface area (Å²) in [5.74, 6) is 0.507. The molecule has 0 aromatic heterocycles.